The second kappa shape index (κ2) is 7.06. The molecule has 0 unspecified atom stereocenters. The van der Waals surface area contributed by atoms with Gasteiger partial charge in [0.2, 0.25) is 10.0 Å². The van der Waals surface area contributed by atoms with Crippen LogP contribution in [-0.4, -0.2) is 27.5 Å². The van der Waals surface area contributed by atoms with Crippen molar-refractivity contribution in [2.45, 2.75) is 31.2 Å². The van der Waals surface area contributed by atoms with E-state index in [4.69, 9.17) is 11.6 Å². The van der Waals surface area contributed by atoms with Crippen LogP contribution in [0.25, 0.3) is 0 Å². The summed E-state index contributed by atoms with van der Waals surface area (Å²) in [6.45, 7) is 3.66. The second-order valence-electron chi connectivity index (χ2n) is 4.46. The zero-order chi connectivity index (χ0) is 15.3. The fourth-order valence-corrected chi connectivity index (χ4v) is 3.03. The van der Waals surface area contributed by atoms with Crippen LogP contribution in [0, 0.1) is 5.92 Å². The minimum atomic E-state index is -3.80. The highest BCUT2D eigenvalue weighted by atomic mass is 35.5. The van der Waals surface area contributed by atoms with E-state index < -0.39 is 22.0 Å². The van der Waals surface area contributed by atoms with Crippen LogP contribution in [0.2, 0.25) is 5.02 Å². The summed E-state index contributed by atoms with van der Waals surface area (Å²) < 4.78 is 31.5. The SMILES string of the molecule is CC[C@H](C)[C@@H](NS(=O)(=O)c1ccc(Cl)cc1)C(=O)OC. The largest absolute Gasteiger partial charge is 0.468 e. The zero-order valence-corrected chi connectivity index (χ0v) is 13.2. The van der Waals surface area contributed by atoms with Crippen LogP contribution in [0.15, 0.2) is 29.2 Å². The number of nitrogens with one attached hydrogen (secondary N) is 1. The predicted molar refractivity (Wildman–Crippen MR) is 77.0 cm³/mol. The van der Waals surface area contributed by atoms with Crippen LogP contribution < -0.4 is 4.72 Å². The molecule has 112 valence electrons. The van der Waals surface area contributed by atoms with Gasteiger partial charge in [0.25, 0.3) is 0 Å². The van der Waals surface area contributed by atoms with Gasteiger partial charge < -0.3 is 4.74 Å². The summed E-state index contributed by atoms with van der Waals surface area (Å²) in [7, 11) is -2.57. The van der Waals surface area contributed by atoms with Gasteiger partial charge in [0, 0.05) is 5.02 Å². The number of carbonyl (C=O) groups is 1. The molecule has 1 aromatic rings. The molecule has 1 aromatic carbocycles. The van der Waals surface area contributed by atoms with Crippen molar-refractivity contribution in [2.75, 3.05) is 7.11 Å². The first-order chi connectivity index (χ1) is 9.31. The molecular formula is C13H18ClNO4S. The number of methoxy groups -OCH3 is 1. The molecule has 0 saturated carbocycles. The molecule has 5 nitrogen and oxygen atoms in total. The van der Waals surface area contributed by atoms with Crippen molar-refractivity contribution in [1.82, 2.24) is 4.72 Å². The van der Waals surface area contributed by atoms with Gasteiger partial charge >= 0.3 is 5.97 Å². The number of ether oxygens (including phenoxy) is 1. The topological polar surface area (TPSA) is 72.5 Å². The third-order valence-electron chi connectivity index (χ3n) is 3.07. The number of sulfonamides is 1. The smallest absolute Gasteiger partial charge is 0.324 e. The third kappa shape index (κ3) is 4.19. The number of rotatable bonds is 6. The van der Waals surface area contributed by atoms with E-state index in [0.717, 1.165) is 0 Å². The molecule has 0 radical (unpaired) electrons. The minimum Gasteiger partial charge on any atom is -0.468 e. The highest BCUT2D eigenvalue weighted by molar-refractivity contribution is 7.89. The number of hydrogen-bond acceptors (Lipinski definition) is 4. The molecule has 1 rings (SSSR count). The molecule has 0 aliphatic rings. The summed E-state index contributed by atoms with van der Waals surface area (Å²) in [5, 5.41) is 0.440. The molecule has 0 heterocycles. The standard InChI is InChI=1S/C13H18ClNO4S/c1-4-9(2)12(13(16)19-3)15-20(17,18)11-7-5-10(14)6-8-11/h5-9,12,15H,4H2,1-3H3/t9-,12+/m0/s1. The van der Waals surface area contributed by atoms with E-state index in [1.54, 1.807) is 6.92 Å². The van der Waals surface area contributed by atoms with Crippen LogP contribution in [0.5, 0.6) is 0 Å². The quantitative estimate of drug-likeness (QED) is 0.816. The molecule has 20 heavy (non-hydrogen) atoms. The van der Waals surface area contributed by atoms with Crippen LogP contribution in [0.4, 0.5) is 0 Å². The van der Waals surface area contributed by atoms with Gasteiger partial charge in [-0.05, 0) is 30.2 Å². The molecule has 1 N–H and O–H groups in total. The van der Waals surface area contributed by atoms with E-state index in [2.05, 4.69) is 9.46 Å². The normalized spacial score (nSPS) is 14.6. The van der Waals surface area contributed by atoms with Gasteiger partial charge in [-0.25, -0.2) is 8.42 Å². The van der Waals surface area contributed by atoms with Crippen LogP contribution in [0.1, 0.15) is 20.3 Å². The Morgan fingerprint density at radius 3 is 2.35 bits per heavy atom. The monoisotopic (exact) mass is 319 g/mol. The fourth-order valence-electron chi connectivity index (χ4n) is 1.61. The van der Waals surface area contributed by atoms with E-state index in [1.165, 1.54) is 31.4 Å². The Hall–Kier alpha value is -1.11. The summed E-state index contributed by atoms with van der Waals surface area (Å²) >= 11 is 5.72. The van der Waals surface area contributed by atoms with E-state index >= 15 is 0 Å². The molecule has 0 aromatic heterocycles. The van der Waals surface area contributed by atoms with Crippen molar-refractivity contribution < 1.29 is 17.9 Å². The Kier molecular flexibility index (Phi) is 5.98. The van der Waals surface area contributed by atoms with E-state index in [-0.39, 0.29) is 10.8 Å². The van der Waals surface area contributed by atoms with Crippen molar-refractivity contribution in [1.29, 1.82) is 0 Å². The molecule has 0 aliphatic heterocycles. The first-order valence-electron chi connectivity index (χ1n) is 6.17. The number of hydrogen-bond donors (Lipinski definition) is 1. The lowest BCUT2D eigenvalue weighted by atomic mass is 10.0. The Bertz CT molecular complexity index is 556. The van der Waals surface area contributed by atoms with Gasteiger partial charge in [-0.2, -0.15) is 4.72 Å². The van der Waals surface area contributed by atoms with Gasteiger partial charge in [-0.1, -0.05) is 31.9 Å². The summed E-state index contributed by atoms with van der Waals surface area (Å²) in [4.78, 5) is 11.8. The summed E-state index contributed by atoms with van der Waals surface area (Å²) in [5.74, 6) is -0.776. The molecule has 2 atom stereocenters. The maximum Gasteiger partial charge on any atom is 0.324 e. The predicted octanol–water partition coefficient (Wildman–Crippen LogP) is 2.21. The lowest BCUT2D eigenvalue weighted by Gasteiger charge is -2.21. The van der Waals surface area contributed by atoms with Crippen LogP contribution in [0.3, 0.4) is 0 Å². The second-order valence-corrected chi connectivity index (χ2v) is 6.61. The first kappa shape index (κ1) is 16.9. The van der Waals surface area contributed by atoms with Crippen molar-refractivity contribution >= 4 is 27.6 Å². The Balaban J connectivity index is 3.02. The molecule has 0 spiro atoms. The van der Waals surface area contributed by atoms with Crippen LogP contribution >= 0.6 is 11.6 Å². The number of esters is 1. The third-order valence-corrected chi connectivity index (χ3v) is 4.78. The fraction of sp³-hybridized carbons (Fsp3) is 0.462. The molecule has 0 fully saturated rings. The molecule has 0 saturated heterocycles. The highest BCUT2D eigenvalue weighted by Gasteiger charge is 2.30. The van der Waals surface area contributed by atoms with Gasteiger partial charge in [-0.3, -0.25) is 4.79 Å². The average Bonchev–Trinajstić information content (AvgIpc) is 2.43. The maximum atomic E-state index is 12.2. The maximum absolute atomic E-state index is 12.2. The molecule has 7 heteroatoms. The van der Waals surface area contributed by atoms with Gasteiger partial charge in [0.15, 0.2) is 0 Å². The Morgan fingerprint density at radius 1 is 1.35 bits per heavy atom. The molecule has 0 bridgehead atoms. The Morgan fingerprint density at radius 2 is 1.90 bits per heavy atom. The molecular weight excluding hydrogens is 302 g/mol. The Labute approximate surface area is 124 Å². The summed E-state index contributed by atoms with van der Waals surface area (Å²) in [5.41, 5.74) is 0. The van der Waals surface area contributed by atoms with Crippen molar-refractivity contribution in [2.24, 2.45) is 5.92 Å². The number of carbonyl (C=O) groups excluding carboxylic acids is 1. The average molecular weight is 320 g/mol. The van der Waals surface area contributed by atoms with Crippen LogP contribution in [-0.2, 0) is 19.6 Å². The highest BCUT2D eigenvalue weighted by Crippen LogP contribution is 2.17. The van der Waals surface area contributed by atoms with E-state index in [0.29, 0.717) is 11.4 Å². The lowest BCUT2D eigenvalue weighted by molar-refractivity contribution is -0.143. The minimum absolute atomic E-state index is 0.0547. The van der Waals surface area contributed by atoms with E-state index in [1.807, 2.05) is 6.92 Å². The summed E-state index contributed by atoms with van der Waals surface area (Å²) in [6, 6.07) is 4.82. The van der Waals surface area contributed by atoms with Gasteiger partial charge in [-0.15, -0.1) is 0 Å². The van der Waals surface area contributed by atoms with Gasteiger partial charge in [0.1, 0.15) is 6.04 Å². The number of halogens is 1. The lowest BCUT2D eigenvalue weighted by Crippen LogP contribution is -2.45. The number of benzene rings is 1. The van der Waals surface area contributed by atoms with Gasteiger partial charge in [0.05, 0.1) is 12.0 Å². The summed E-state index contributed by atoms with van der Waals surface area (Å²) in [6.07, 6.45) is 0.642. The van der Waals surface area contributed by atoms with Crippen molar-refractivity contribution in [3.05, 3.63) is 29.3 Å². The van der Waals surface area contributed by atoms with Crippen molar-refractivity contribution in [3.63, 3.8) is 0 Å². The first-order valence-corrected chi connectivity index (χ1v) is 8.03. The van der Waals surface area contributed by atoms with E-state index in [9.17, 15) is 13.2 Å². The molecule has 0 amide bonds. The van der Waals surface area contributed by atoms with Crippen molar-refractivity contribution in [3.8, 4) is 0 Å². The zero-order valence-electron chi connectivity index (χ0n) is 11.6. The molecule has 0 aliphatic carbocycles.